The van der Waals surface area contributed by atoms with Gasteiger partial charge in [0.15, 0.2) is 12.7 Å². The zero-order chi connectivity index (χ0) is 16.0. The minimum atomic E-state index is -5.24. The topological polar surface area (TPSA) is 89.2 Å². The maximum atomic E-state index is 11.9. The van der Waals surface area contributed by atoms with Gasteiger partial charge in [0, 0.05) is 13.1 Å². The first-order chi connectivity index (χ1) is 9.74. The van der Waals surface area contributed by atoms with Crippen LogP contribution in [0.5, 0.6) is 0 Å². The largest absolute Gasteiger partial charge is 0.491 e. The number of hydrogen-bond acceptors (Lipinski definition) is 5. The van der Waals surface area contributed by atoms with Gasteiger partial charge in [-0.05, 0) is 5.10 Å². The summed E-state index contributed by atoms with van der Waals surface area (Å²) in [6.07, 6.45) is -2.89. The molecule has 7 nitrogen and oxygen atoms in total. The summed E-state index contributed by atoms with van der Waals surface area (Å²) in [5.74, 6) is -4.27. The Morgan fingerprint density at radius 1 is 1.38 bits per heavy atom. The van der Waals surface area contributed by atoms with Gasteiger partial charge in [0.2, 0.25) is 5.91 Å². The van der Waals surface area contributed by atoms with E-state index >= 15 is 0 Å². The maximum absolute atomic E-state index is 11.9. The summed E-state index contributed by atoms with van der Waals surface area (Å²) >= 11 is 0. The summed E-state index contributed by atoms with van der Waals surface area (Å²) in [6, 6.07) is 1.13. The van der Waals surface area contributed by atoms with Crippen LogP contribution >= 0.6 is 0 Å². The smallest absolute Gasteiger partial charge is 0.383 e. The Balaban J connectivity index is 2.63. The number of amides is 1. The lowest BCUT2D eigenvalue weighted by molar-refractivity contribution is -0.752. The number of nitrogens with one attached hydrogen (secondary N) is 1. The number of halogens is 3. The highest BCUT2D eigenvalue weighted by Gasteiger charge is 2.42. The highest BCUT2D eigenvalue weighted by molar-refractivity contribution is 5.97. The number of alkyl halides is 3. The molecule has 0 saturated heterocycles. The summed E-state index contributed by atoms with van der Waals surface area (Å²) in [6.45, 7) is 0.219. The second-order valence-electron chi connectivity index (χ2n) is 3.78. The first-order valence-corrected chi connectivity index (χ1v) is 5.63. The summed E-state index contributed by atoms with van der Waals surface area (Å²) < 4.78 is 40.7. The molecule has 0 fully saturated rings. The van der Waals surface area contributed by atoms with Crippen molar-refractivity contribution < 1.29 is 37.0 Å². The summed E-state index contributed by atoms with van der Waals surface area (Å²) in [4.78, 5) is 32.8. The minimum absolute atomic E-state index is 0.143. The Kier molecular flexibility index (Phi) is 5.33. The Labute approximate surface area is 116 Å². The SMILES string of the molecule is CNC(=O)CC[n+]1ccc(C(=O)OC(=O)C(F)(F)F)cn1. The lowest BCUT2D eigenvalue weighted by atomic mass is 10.3. The normalized spacial score (nSPS) is 10.9. The Morgan fingerprint density at radius 2 is 2.05 bits per heavy atom. The van der Waals surface area contributed by atoms with E-state index in [9.17, 15) is 27.6 Å². The molecule has 0 aliphatic heterocycles. The van der Waals surface area contributed by atoms with E-state index in [0.717, 1.165) is 12.3 Å². The second-order valence-corrected chi connectivity index (χ2v) is 3.78. The third-order valence-corrected chi connectivity index (χ3v) is 2.27. The van der Waals surface area contributed by atoms with E-state index in [1.165, 1.54) is 17.9 Å². The van der Waals surface area contributed by atoms with Crippen molar-refractivity contribution in [2.24, 2.45) is 0 Å². The van der Waals surface area contributed by atoms with Gasteiger partial charge in [-0.15, -0.1) is 0 Å². The molecule has 1 aromatic rings. The monoisotopic (exact) mass is 306 g/mol. The molecule has 0 radical (unpaired) electrons. The van der Waals surface area contributed by atoms with Crippen molar-refractivity contribution in [3.05, 3.63) is 24.0 Å². The maximum Gasteiger partial charge on any atom is 0.491 e. The zero-order valence-electron chi connectivity index (χ0n) is 10.8. The molecule has 0 spiro atoms. The number of ether oxygens (including phenoxy) is 1. The quantitative estimate of drug-likeness (QED) is 0.471. The number of rotatable bonds is 4. The summed E-state index contributed by atoms with van der Waals surface area (Å²) in [7, 11) is 1.47. The van der Waals surface area contributed by atoms with Gasteiger partial charge in [0.1, 0.15) is 6.20 Å². The number of carbonyl (C=O) groups excluding carboxylic acids is 3. The molecule has 0 atom stereocenters. The van der Waals surface area contributed by atoms with Gasteiger partial charge >= 0.3 is 18.1 Å². The second kappa shape index (κ2) is 6.77. The molecule has 1 aromatic heterocycles. The Hall–Kier alpha value is -2.52. The number of hydrogen-bond donors (Lipinski definition) is 1. The van der Waals surface area contributed by atoms with Crippen molar-refractivity contribution in [3.63, 3.8) is 0 Å². The molecule has 1 rings (SSSR count). The van der Waals surface area contributed by atoms with E-state index in [1.807, 2.05) is 0 Å². The van der Waals surface area contributed by atoms with Crippen LogP contribution in [-0.2, 0) is 20.9 Å². The highest BCUT2D eigenvalue weighted by Crippen LogP contribution is 2.17. The van der Waals surface area contributed by atoms with Gasteiger partial charge in [-0.1, -0.05) is 4.68 Å². The van der Waals surface area contributed by atoms with Crippen molar-refractivity contribution in [1.29, 1.82) is 0 Å². The molecule has 114 valence electrons. The van der Waals surface area contributed by atoms with Crippen molar-refractivity contribution >= 4 is 17.8 Å². The zero-order valence-corrected chi connectivity index (χ0v) is 10.8. The number of esters is 2. The van der Waals surface area contributed by atoms with Gasteiger partial charge in [-0.2, -0.15) is 13.2 Å². The molecular weight excluding hydrogens is 295 g/mol. The van der Waals surface area contributed by atoms with Crippen LogP contribution < -0.4 is 10.00 Å². The third kappa shape index (κ3) is 5.16. The van der Waals surface area contributed by atoms with E-state index in [2.05, 4.69) is 15.2 Å². The van der Waals surface area contributed by atoms with Crippen LogP contribution in [0.1, 0.15) is 16.8 Å². The summed E-state index contributed by atoms with van der Waals surface area (Å²) in [5.41, 5.74) is -0.316. The molecule has 1 amide bonds. The molecule has 0 aliphatic rings. The van der Waals surface area contributed by atoms with Gasteiger partial charge in [0.25, 0.3) is 0 Å². The van der Waals surface area contributed by atoms with Gasteiger partial charge < -0.3 is 10.1 Å². The van der Waals surface area contributed by atoms with E-state index in [1.54, 1.807) is 0 Å². The first kappa shape index (κ1) is 16.5. The molecular formula is C11H11F3N3O4+. The number of aryl methyl sites for hydroxylation is 1. The van der Waals surface area contributed by atoms with E-state index in [-0.39, 0.29) is 24.4 Å². The molecule has 1 N–H and O–H groups in total. The standard InChI is InChI=1S/C11H10F3N3O4/c1-15-8(18)3-5-17-4-2-7(6-16-17)9(19)21-10(20)11(12,13)14/h2,4,6H,3,5H2,1H3/p+1. The van der Waals surface area contributed by atoms with Gasteiger partial charge in [-0.3, -0.25) is 4.79 Å². The van der Waals surface area contributed by atoms with Crippen molar-refractivity contribution in [3.8, 4) is 0 Å². The molecule has 0 aromatic carbocycles. The fourth-order valence-corrected chi connectivity index (χ4v) is 1.18. The van der Waals surface area contributed by atoms with Crippen LogP contribution in [0.4, 0.5) is 13.2 Å². The summed E-state index contributed by atoms with van der Waals surface area (Å²) in [5, 5.41) is 6.12. The van der Waals surface area contributed by atoms with E-state index < -0.39 is 18.1 Å². The van der Waals surface area contributed by atoms with Crippen LogP contribution in [0.15, 0.2) is 18.5 Å². The molecule has 21 heavy (non-hydrogen) atoms. The average molecular weight is 306 g/mol. The first-order valence-electron chi connectivity index (χ1n) is 5.63. The van der Waals surface area contributed by atoms with Crippen LogP contribution in [0.2, 0.25) is 0 Å². The highest BCUT2D eigenvalue weighted by atomic mass is 19.4. The van der Waals surface area contributed by atoms with Crippen LogP contribution in [-0.4, -0.2) is 36.2 Å². The predicted octanol–water partition coefficient (Wildman–Crippen LogP) is -0.249. The van der Waals surface area contributed by atoms with Gasteiger partial charge in [-0.25, -0.2) is 9.59 Å². The number of carbonyl (C=O) groups is 3. The third-order valence-electron chi connectivity index (χ3n) is 2.27. The number of nitrogens with zero attached hydrogens (tertiary/aromatic N) is 2. The molecule has 0 bridgehead atoms. The van der Waals surface area contributed by atoms with Crippen LogP contribution in [0.25, 0.3) is 0 Å². The van der Waals surface area contributed by atoms with Crippen molar-refractivity contribution in [1.82, 2.24) is 10.4 Å². The lowest BCUT2D eigenvalue weighted by Crippen LogP contribution is -2.40. The molecule has 0 saturated carbocycles. The van der Waals surface area contributed by atoms with Crippen molar-refractivity contribution in [2.75, 3.05) is 7.05 Å². The fraction of sp³-hybridized carbons (Fsp3) is 0.364. The van der Waals surface area contributed by atoms with E-state index in [0.29, 0.717) is 0 Å². The van der Waals surface area contributed by atoms with Crippen LogP contribution in [0.3, 0.4) is 0 Å². The molecule has 1 heterocycles. The lowest BCUT2D eigenvalue weighted by Gasteiger charge is -2.04. The number of aromatic nitrogens is 2. The van der Waals surface area contributed by atoms with Crippen molar-refractivity contribution in [2.45, 2.75) is 19.1 Å². The minimum Gasteiger partial charge on any atom is -0.383 e. The average Bonchev–Trinajstić information content (AvgIpc) is 2.44. The predicted molar refractivity (Wildman–Crippen MR) is 59.6 cm³/mol. The molecule has 0 aliphatic carbocycles. The fourth-order valence-electron chi connectivity index (χ4n) is 1.18. The van der Waals surface area contributed by atoms with Crippen LogP contribution in [0, 0.1) is 0 Å². The molecule has 0 unspecified atom stereocenters. The Bertz CT molecular complexity index is 543. The molecule has 10 heteroatoms. The van der Waals surface area contributed by atoms with E-state index in [4.69, 9.17) is 0 Å². The van der Waals surface area contributed by atoms with Gasteiger partial charge in [0.05, 0.1) is 12.0 Å². The Morgan fingerprint density at radius 3 is 2.52 bits per heavy atom.